The number of nitrogens with zero attached hydrogens (tertiary/aromatic N) is 2. The van der Waals surface area contributed by atoms with Crippen LogP contribution < -0.4 is 20.9 Å². The molecule has 0 saturated carbocycles. The lowest BCUT2D eigenvalue weighted by atomic mass is 9.97. The number of rotatable bonds is 19. The van der Waals surface area contributed by atoms with E-state index < -0.39 is 71.8 Å². The summed E-state index contributed by atoms with van der Waals surface area (Å²) in [5.74, 6) is -5.87. The Balaban J connectivity index is 1.31. The van der Waals surface area contributed by atoms with Crippen molar-refractivity contribution in [1.82, 2.24) is 20.2 Å². The first-order valence-electron chi connectivity index (χ1n) is 19.1. The lowest BCUT2D eigenvalue weighted by Crippen LogP contribution is -2.40. The lowest BCUT2D eigenvalue weighted by molar-refractivity contribution is -0.171. The minimum atomic E-state index is -1.59. The fourth-order valence-electron chi connectivity index (χ4n) is 6.92. The molecule has 304 valence electrons. The van der Waals surface area contributed by atoms with Gasteiger partial charge < -0.3 is 39.6 Å². The maximum atomic E-state index is 13.9. The second kappa shape index (κ2) is 18.7. The highest BCUT2D eigenvalue weighted by Gasteiger charge is 2.38. The molecule has 4 heterocycles. The number of fused-ring (bicyclic) bond motifs is 5. The van der Waals surface area contributed by atoms with Crippen molar-refractivity contribution in [2.45, 2.75) is 123 Å². The largest absolute Gasteiger partial charge is 0.480 e. The van der Waals surface area contributed by atoms with Crippen LogP contribution in [0, 0.1) is 0 Å². The Labute approximate surface area is 327 Å². The number of aromatic nitrogens is 2. The van der Waals surface area contributed by atoms with Gasteiger partial charge in [-0.1, -0.05) is 46.5 Å². The molecule has 3 atom stereocenters. The van der Waals surface area contributed by atoms with E-state index in [1.165, 1.54) is 10.6 Å². The second-order valence-electron chi connectivity index (χ2n) is 14.0. The summed E-state index contributed by atoms with van der Waals surface area (Å²) >= 11 is 0. The number of aliphatic carboxylic acids is 2. The van der Waals surface area contributed by atoms with Crippen LogP contribution in [0.15, 0.2) is 29.1 Å². The zero-order valence-electron chi connectivity index (χ0n) is 32.0. The smallest absolute Gasteiger partial charge is 0.352 e. The van der Waals surface area contributed by atoms with E-state index in [0.717, 1.165) is 24.0 Å². The van der Waals surface area contributed by atoms with Crippen LogP contribution in [0.1, 0.15) is 113 Å². The molecule has 0 aliphatic carbocycles. The lowest BCUT2D eigenvalue weighted by Gasteiger charge is -2.25. The average Bonchev–Trinajstić information content (AvgIpc) is 3.54. The fraction of sp³-hybridized carbons (Fsp3) is 0.475. The van der Waals surface area contributed by atoms with Crippen LogP contribution in [0.2, 0.25) is 0 Å². The van der Waals surface area contributed by atoms with Crippen LogP contribution >= 0.6 is 0 Å². The summed E-state index contributed by atoms with van der Waals surface area (Å²) in [6.07, 6.45) is 0.789. The third-order valence-electron chi connectivity index (χ3n) is 9.93. The van der Waals surface area contributed by atoms with Crippen molar-refractivity contribution in [2.24, 2.45) is 0 Å². The molecule has 17 nitrogen and oxygen atoms in total. The Hall–Kier alpha value is -6.13. The van der Waals surface area contributed by atoms with Crippen LogP contribution in [0.3, 0.4) is 0 Å². The highest BCUT2D eigenvalue weighted by Crippen LogP contribution is 2.39. The fourth-order valence-corrected chi connectivity index (χ4v) is 6.92. The van der Waals surface area contributed by atoms with E-state index in [9.17, 15) is 48.6 Å². The van der Waals surface area contributed by atoms with Crippen molar-refractivity contribution in [3.8, 4) is 17.1 Å². The van der Waals surface area contributed by atoms with E-state index in [1.54, 1.807) is 18.2 Å². The minimum absolute atomic E-state index is 0.117. The summed E-state index contributed by atoms with van der Waals surface area (Å²) < 4.78 is 17.7. The average molecular weight is 791 g/mol. The summed E-state index contributed by atoms with van der Waals surface area (Å²) in [5, 5.41) is 24.3. The number of aryl methyl sites for hydroxylation is 1. The number of nitrogens with one attached hydrogen (secondary N) is 2. The number of pyridine rings is 2. The van der Waals surface area contributed by atoms with E-state index in [0.29, 0.717) is 41.6 Å². The number of carbonyl (C=O) groups excluding carboxylic acids is 5. The molecule has 0 saturated heterocycles. The van der Waals surface area contributed by atoms with Gasteiger partial charge in [-0.3, -0.25) is 24.0 Å². The number of unbranched alkanes of at least 4 members (excludes halogenated alkanes) is 2. The molecule has 57 heavy (non-hydrogen) atoms. The molecular formula is C40H46N4O13. The number of esters is 3. The first-order valence-corrected chi connectivity index (χ1v) is 19.1. The van der Waals surface area contributed by atoms with Crippen molar-refractivity contribution >= 4 is 52.6 Å². The van der Waals surface area contributed by atoms with Gasteiger partial charge in [0, 0.05) is 29.4 Å². The van der Waals surface area contributed by atoms with Crippen LogP contribution in [-0.2, 0) is 62.6 Å². The molecule has 0 bridgehead atoms. The summed E-state index contributed by atoms with van der Waals surface area (Å²) in [4.78, 5) is 105. The molecule has 0 radical (unpaired) electrons. The maximum absolute atomic E-state index is 13.9. The number of ether oxygens (including phenoxy) is 3. The highest BCUT2D eigenvalue weighted by atomic mass is 16.6. The molecule has 5 rings (SSSR count). The van der Waals surface area contributed by atoms with Gasteiger partial charge >= 0.3 is 29.8 Å². The number of hydrogen-bond donors (Lipinski definition) is 4. The third-order valence-corrected chi connectivity index (χ3v) is 9.93. The molecule has 2 aromatic heterocycles. The monoisotopic (exact) mass is 790 g/mol. The Kier molecular flexibility index (Phi) is 13.8. The van der Waals surface area contributed by atoms with Gasteiger partial charge in [-0.2, -0.15) is 0 Å². The first-order chi connectivity index (χ1) is 27.3. The molecule has 2 aliphatic heterocycles. The number of carboxylic acids is 2. The minimum Gasteiger partial charge on any atom is -0.480 e. The Bertz CT molecular complexity index is 2160. The standard InChI is InChI=1S/C40H46N4O13/c1-4-7-9-28(38(50)51)41-31(45)13-15-33(47)56-21-11-12-27-23(17-21)22(6-3)25-19-44-30(35(25)43-27)18-24-26(37(44)49)20-55-40(54)36(24)57-34(48)16-14-32(46)42-29(39(52)53)10-8-5-2/h11-12,17-18,28-29,36H,4-10,13-16,19-20H2,1-3H3,(H,41,45)(H,42,46)(H,50,51)(H,52,53)/t28?,29?,36-/m0/s1. The Morgan fingerprint density at radius 3 is 2.05 bits per heavy atom. The number of cyclic esters (lactones) is 1. The number of carboxylic acid groups (broad SMARTS) is 2. The van der Waals surface area contributed by atoms with E-state index in [4.69, 9.17) is 19.2 Å². The number of benzene rings is 1. The van der Waals surface area contributed by atoms with Crippen LogP contribution in [0.5, 0.6) is 5.75 Å². The molecule has 0 spiro atoms. The molecule has 2 aliphatic rings. The third kappa shape index (κ3) is 9.82. The zero-order valence-corrected chi connectivity index (χ0v) is 32.0. The Morgan fingerprint density at radius 1 is 0.860 bits per heavy atom. The topological polar surface area (TPSA) is 247 Å². The normalized spacial score (nSPS) is 15.0. The quantitative estimate of drug-likeness (QED) is 0.0783. The van der Waals surface area contributed by atoms with E-state index in [1.807, 2.05) is 20.8 Å². The molecule has 4 N–H and O–H groups in total. The molecule has 17 heteroatoms. The first kappa shape index (κ1) is 42.0. The van der Waals surface area contributed by atoms with Crippen molar-refractivity contribution in [3.63, 3.8) is 0 Å². The summed E-state index contributed by atoms with van der Waals surface area (Å²) in [6.45, 7) is 5.51. The maximum Gasteiger partial charge on any atom is 0.352 e. The van der Waals surface area contributed by atoms with Crippen molar-refractivity contribution in [1.29, 1.82) is 0 Å². The van der Waals surface area contributed by atoms with Gasteiger partial charge in [0.05, 0.1) is 41.9 Å². The molecule has 2 amide bonds. The van der Waals surface area contributed by atoms with Gasteiger partial charge in [-0.05, 0) is 49.1 Å². The number of hydrogen-bond acceptors (Lipinski definition) is 12. The summed E-state index contributed by atoms with van der Waals surface area (Å²) in [7, 11) is 0. The number of carbonyl (C=O) groups is 7. The van der Waals surface area contributed by atoms with Crippen molar-refractivity contribution in [3.05, 3.63) is 56.9 Å². The molecule has 1 aromatic carbocycles. The van der Waals surface area contributed by atoms with Gasteiger partial charge in [0.2, 0.25) is 17.9 Å². The molecule has 2 unspecified atom stereocenters. The van der Waals surface area contributed by atoms with Crippen molar-refractivity contribution < 1.29 is 58.0 Å². The number of amides is 2. The predicted molar refractivity (Wildman–Crippen MR) is 201 cm³/mol. The van der Waals surface area contributed by atoms with E-state index in [2.05, 4.69) is 10.6 Å². The molecular weight excluding hydrogens is 744 g/mol. The van der Waals surface area contributed by atoms with Crippen LogP contribution in [-0.4, -0.2) is 73.5 Å². The van der Waals surface area contributed by atoms with Crippen molar-refractivity contribution in [2.75, 3.05) is 0 Å². The SMILES string of the molecule is CCCCC(NC(=O)CCC(=O)Oc1ccc2nc3c(c(CC)c2c1)Cn1c-3cc2c(c1=O)COC(=O)[C@H]2OC(=O)CCC(=O)NC(CCCC)C(=O)O)C(=O)O. The van der Waals surface area contributed by atoms with E-state index >= 15 is 0 Å². The van der Waals surface area contributed by atoms with E-state index in [-0.39, 0.29) is 62.1 Å². The van der Waals surface area contributed by atoms with Gasteiger partial charge in [0.1, 0.15) is 24.4 Å². The van der Waals surface area contributed by atoms with Gasteiger partial charge in [-0.15, -0.1) is 0 Å². The highest BCUT2D eigenvalue weighted by molar-refractivity contribution is 5.91. The molecule has 0 fully saturated rings. The summed E-state index contributed by atoms with van der Waals surface area (Å²) in [6, 6.07) is 4.28. The van der Waals surface area contributed by atoms with Gasteiger partial charge in [-0.25, -0.2) is 19.4 Å². The summed E-state index contributed by atoms with van der Waals surface area (Å²) in [5.41, 5.74) is 2.73. The van der Waals surface area contributed by atoms with Gasteiger partial charge in [0.25, 0.3) is 5.56 Å². The zero-order chi connectivity index (χ0) is 41.4. The van der Waals surface area contributed by atoms with Crippen LogP contribution in [0.4, 0.5) is 0 Å². The second-order valence-corrected chi connectivity index (χ2v) is 14.0. The Morgan fingerprint density at radius 2 is 1.47 bits per heavy atom. The predicted octanol–water partition coefficient (Wildman–Crippen LogP) is 3.61. The molecule has 3 aromatic rings. The van der Waals surface area contributed by atoms with Crippen LogP contribution in [0.25, 0.3) is 22.3 Å². The van der Waals surface area contributed by atoms with Gasteiger partial charge in [0.15, 0.2) is 0 Å².